The Morgan fingerprint density at radius 3 is 1.68 bits per heavy atom. The molecule has 0 fully saturated rings. The first kappa shape index (κ1) is 16.4. The van der Waals surface area contributed by atoms with Crippen LogP contribution in [0, 0.1) is 13.8 Å². The summed E-state index contributed by atoms with van der Waals surface area (Å²) < 4.78 is 24.1. The van der Waals surface area contributed by atoms with Gasteiger partial charge in [0.15, 0.2) is 15.6 Å². The average Bonchev–Trinajstić information content (AvgIpc) is 2.47. The molecule has 0 atom stereocenters. The first-order valence-electron chi connectivity index (χ1n) is 7.09. The van der Waals surface area contributed by atoms with E-state index in [-0.39, 0.29) is 4.90 Å². The molecule has 4 heteroatoms. The van der Waals surface area contributed by atoms with Crippen LogP contribution < -0.4 is 0 Å². The van der Waals surface area contributed by atoms with Crippen LogP contribution in [0.5, 0.6) is 0 Å². The highest BCUT2D eigenvalue weighted by molar-refractivity contribution is 7.93. The molecule has 2 rings (SSSR count). The third-order valence-electron chi connectivity index (χ3n) is 3.86. The molecule has 0 unspecified atom stereocenters. The van der Waals surface area contributed by atoms with E-state index in [2.05, 4.69) is 0 Å². The number of Topliss-reactive ketones (excluding diaryl/α,β-unsaturated/α-hetero) is 1. The molecule has 0 saturated carbocycles. The predicted molar refractivity (Wildman–Crippen MR) is 88.0 cm³/mol. The van der Waals surface area contributed by atoms with Crippen LogP contribution in [-0.4, -0.2) is 18.9 Å². The molecule has 0 aromatic heterocycles. The molecular weight excluding hydrogens is 296 g/mol. The molecule has 2 aromatic carbocycles. The molecule has 0 spiro atoms. The maximum absolute atomic E-state index is 12.8. The quantitative estimate of drug-likeness (QED) is 0.807. The van der Waals surface area contributed by atoms with Crippen LogP contribution >= 0.6 is 0 Å². The highest BCUT2D eigenvalue weighted by atomic mass is 32.2. The van der Waals surface area contributed by atoms with Gasteiger partial charge in [-0.1, -0.05) is 47.5 Å². The van der Waals surface area contributed by atoms with Gasteiger partial charge in [-0.05, 0) is 39.8 Å². The first-order chi connectivity index (χ1) is 10.2. The molecule has 116 valence electrons. The fourth-order valence-corrected chi connectivity index (χ4v) is 3.63. The van der Waals surface area contributed by atoms with E-state index in [1.165, 1.54) is 13.8 Å². The highest BCUT2D eigenvalue weighted by Crippen LogP contribution is 2.29. The standard InChI is InChI=1S/C18H20O3S/c1-13-5-9-15(10-6-13)17(19)18(3,4)22(20,21)16-11-7-14(2)8-12-16/h5-12H,1-4H3. The van der Waals surface area contributed by atoms with Crippen LogP contribution in [0.15, 0.2) is 53.4 Å². The van der Waals surface area contributed by atoms with E-state index in [1.807, 2.05) is 26.0 Å². The Hall–Kier alpha value is -1.94. The number of carbonyl (C=O) groups excluding carboxylic acids is 1. The normalized spacial score (nSPS) is 12.2. The number of benzene rings is 2. The molecule has 0 radical (unpaired) electrons. The minimum absolute atomic E-state index is 0.170. The molecule has 0 amide bonds. The van der Waals surface area contributed by atoms with Gasteiger partial charge in [-0.15, -0.1) is 0 Å². The predicted octanol–water partition coefficient (Wildman–Crippen LogP) is 3.74. The second-order valence-electron chi connectivity index (χ2n) is 6.02. The monoisotopic (exact) mass is 316 g/mol. The molecule has 0 aliphatic rings. The second-order valence-corrected chi connectivity index (χ2v) is 8.52. The summed E-state index contributed by atoms with van der Waals surface area (Å²) in [6.07, 6.45) is 0. The fraction of sp³-hybridized carbons (Fsp3) is 0.278. The van der Waals surface area contributed by atoms with E-state index >= 15 is 0 Å². The molecule has 22 heavy (non-hydrogen) atoms. The van der Waals surface area contributed by atoms with Gasteiger partial charge in [-0.3, -0.25) is 4.79 Å². The van der Waals surface area contributed by atoms with Gasteiger partial charge < -0.3 is 0 Å². The molecule has 0 bridgehead atoms. The van der Waals surface area contributed by atoms with E-state index in [1.54, 1.807) is 36.4 Å². The van der Waals surface area contributed by atoms with E-state index < -0.39 is 20.4 Å². The Morgan fingerprint density at radius 2 is 1.23 bits per heavy atom. The lowest BCUT2D eigenvalue weighted by Crippen LogP contribution is -2.40. The summed E-state index contributed by atoms with van der Waals surface area (Å²) in [5.74, 6) is -0.395. The van der Waals surface area contributed by atoms with Crippen LogP contribution in [0.2, 0.25) is 0 Å². The summed E-state index contributed by atoms with van der Waals surface area (Å²) in [7, 11) is -3.76. The van der Waals surface area contributed by atoms with E-state index in [4.69, 9.17) is 0 Å². The number of aryl methyl sites for hydroxylation is 2. The van der Waals surface area contributed by atoms with Crippen molar-refractivity contribution in [1.29, 1.82) is 0 Å². The largest absolute Gasteiger partial charge is 0.292 e. The van der Waals surface area contributed by atoms with Crippen LogP contribution in [-0.2, 0) is 9.84 Å². The van der Waals surface area contributed by atoms with Crippen molar-refractivity contribution in [2.45, 2.75) is 37.3 Å². The van der Waals surface area contributed by atoms with Crippen molar-refractivity contribution in [3.63, 3.8) is 0 Å². The van der Waals surface area contributed by atoms with Gasteiger partial charge in [-0.2, -0.15) is 0 Å². The minimum atomic E-state index is -3.76. The highest BCUT2D eigenvalue weighted by Gasteiger charge is 2.42. The summed E-state index contributed by atoms with van der Waals surface area (Å²) >= 11 is 0. The smallest absolute Gasteiger partial charge is 0.190 e. The first-order valence-corrected chi connectivity index (χ1v) is 8.57. The van der Waals surface area contributed by atoms with Gasteiger partial charge in [0.1, 0.15) is 4.75 Å². The summed E-state index contributed by atoms with van der Waals surface area (Å²) in [6, 6.07) is 13.5. The summed E-state index contributed by atoms with van der Waals surface area (Å²) in [6.45, 7) is 6.73. The molecule has 0 heterocycles. The van der Waals surface area contributed by atoms with Crippen molar-refractivity contribution in [2.75, 3.05) is 0 Å². The van der Waals surface area contributed by atoms with Crippen molar-refractivity contribution in [2.24, 2.45) is 0 Å². The van der Waals surface area contributed by atoms with Gasteiger partial charge >= 0.3 is 0 Å². The maximum Gasteiger partial charge on any atom is 0.190 e. The molecule has 3 nitrogen and oxygen atoms in total. The number of sulfone groups is 1. The number of ketones is 1. The van der Waals surface area contributed by atoms with Crippen molar-refractivity contribution in [3.05, 3.63) is 65.2 Å². The topological polar surface area (TPSA) is 51.2 Å². The third-order valence-corrected chi connectivity index (χ3v) is 6.29. The average molecular weight is 316 g/mol. The fourth-order valence-electron chi connectivity index (χ4n) is 2.19. The van der Waals surface area contributed by atoms with Crippen LogP contribution in [0.4, 0.5) is 0 Å². The SMILES string of the molecule is Cc1ccc(C(=O)C(C)(C)S(=O)(=O)c2ccc(C)cc2)cc1. The summed E-state index contributed by atoms with van der Waals surface area (Å²) in [5, 5.41) is 0. The van der Waals surface area contributed by atoms with E-state index in [0.717, 1.165) is 11.1 Å². The molecule has 0 aliphatic carbocycles. The molecule has 0 N–H and O–H groups in total. The van der Waals surface area contributed by atoms with Crippen molar-refractivity contribution >= 4 is 15.6 Å². The van der Waals surface area contributed by atoms with Crippen LogP contribution in [0.3, 0.4) is 0 Å². The number of hydrogen-bond donors (Lipinski definition) is 0. The summed E-state index contributed by atoms with van der Waals surface area (Å²) in [5.41, 5.74) is 2.41. The van der Waals surface area contributed by atoms with Gasteiger partial charge in [0.2, 0.25) is 0 Å². The minimum Gasteiger partial charge on any atom is -0.292 e. The Bertz CT molecular complexity index is 783. The Balaban J connectivity index is 2.45. The van der Waals surface area contributed by atoms with Gasteiger partial charge in [-0.25, -0.2) is 8.42 Å². The van der Waals surface area contributed by atoms with Gasteiger partial charge in [0, 0.05) is 5.56 Å². The summed E-state index contributed by atoms with van der Waals surface area (Å²) in [4.78, 5) is 12.9. The molecule has 2 aromatic rings. The Labute approximate surface area is 131 Å². The van der Waals surface area contributed by atoms with Gasteiger partial charge in [0.25, 0.3) is 0 Å². The van der Waals surface area contributed by atoms with Crippen molar-refractivity contribution in [3.8, 4) is 0 Å². The zero-order valence-corrected chi connectivity index (χ0v) is 14.1. The second kappa shape index (κ2) is 5.69. The zero-order valence-electron chi connectivity index (χ0n) is 13.3. The Morgan fingerprint density at radius 1 is 0.818 bits per heavy atom. The zero-order chi connectivity index (χ0) is 16.5. The van der Waals surface area contributed by atoms with E-state index in [9.17, 15) is 13.2 Å². The maximum atomic E-state index is 12.8. The van der Waals surface area contributed by atoms with Crippen LogP contribution in [0.1, 0.15) is 35.3 Å². The number of rotatable bonds is 4. The van der Waals surface area contributed by atoms with Gasteiger partial charge in [0.05, 0.1) is 4.90 Å². The van der Waals surface area contributed by atoms with E-state index in [0.29, 0.717) is 5.56 Å². The molecular formula is C18H20O3S. The molecule has 0 saturated heterocycles. The lowest BCUT2D eigenvalue weighted by atomic mass is 9.99. The molecule has 0 aliphatic heterocycles. The number of hydrogen-bond acceptors (Lipinski definition) is 3. The van der Waals surface area contributed by atoms with Crippen molar-refractivity contribution in [1.82, 2.24) is 0 Å². The van der Waals surface area contributed by atoms with Crippen LogP contribution in [0.25, 0.3) is 0 Å². The number of carbonyl (C=O) groups is 1. The van der Waals surface area contributed by atoms with Crippen molar-refractivity contribution < 1.29 is 13.2 Å². The lowest BCUT2D eigenvalue weighted by molar-refractivity contribution is 0.0953. The lowest BCUT2D eigenvalue weighted by Gasteiger charge is -2.23. The Kier molecular flexibility index (Phi) is 4.25. The third kappa shape index (κ3) is 2.83.